The Morgan fingerprint density at radius 3 is 3.06 bits per heavy atom. The predicted octanol–water partition coefficient (Wildman–Crippen LogP) is -2.32. The largest absolute Gasteiger partial charge is 0.464 e. The highest BCUT2D eigenvalue weighted by atomic mass is 16.6. The van der Waals surface area contributed by atoms with Crippen molar-refractivity contribution in [1.29, 1.82) is 0 Å². The number of carbonyl (C=O) groups excluding carboxylic acids is 1. The van der Waals surface area contributed by atoms with Gasteiger partial charge in [-0.05, 0) is 0 Å². The van der Waals surface area contributed by atoms with Crippen molar-refractivity contribution in [1.82, 2.24) is 15.0 Å². The molecule has 0 unspecified atom stereocenters. The van der Waals surface area contributed by atoms with Crippen LogP contribution in [0.15, 0.2) is 6.20 Å². The van der Waals surface area contributed by atoms with E-state index in [1.54, 1.807) is 0 Å². The monoisotopic (exact) mass is 259 g/mol. The first-order valence-corrected chi connectivity index (χ1v) is 5.15. The summed E-state index contributed by atoms with van der Waals surface area (Å²) >= 11 is 0. The van der Waals surface area contributed by atoms with E-state index in [0.717, 1.165) is 10.9 Å². The van der Waals surface area contributed by atoms with Gasteiger partial charge in [0.1, 0.15) is 11.7 Å². The SMILES string of the molecule is COC(=O)c1cnnn1[C@@H]1OC[C@](O)(CO)[C@H]1O. The summed E-state index contributed by atoms with van der Waals surface area (Å²) in [6.07, 6.45) is -1.40. The van der Waals surface area contributed by atoms with E-state index in [2.05, 4.69) is 15.0 Å². The van der Waals surface area contributed by atoms with E-state index in [1.165, 1.54) is 7.11 Å². The van der Waals surface area contributed by atoms with Crippen LogP contribution in [-0.2, 0) is 9.47 Å². The van der Waals surface area contributed by atoms with Gasteiger partial charge in [-0.15, -0.1) is 5.10 Å². The van der Waals surface area contributed by atoms with E-state index >= 15 is 0 Å². The molecule has 0 aromatic carbocycles. The Morgan fingerprint density at radius 1 is 1.78 bits per heavy atom. The highest BCUT2D eigenvalue weighted by Gasteiger charge is 2.49. The van der Waals surface area contributed by atoms with Crippen LogP contribution in [0.4, 0.5) is 0 Å². The molecular weight excluding hydrogens is 246 g/mol. The van der Waals surface area contributed by atoms with Gasteiger partial charge in [-0.2, -0.15) is 0 Å². The van der Waals surface area contributed by atoms with Crippen molar-refractivity contribution in [2.75, 3.05) is 20.3 Å². The summed E-state index contributed by atoms with van der Waals surface area (Å²) in [5, 5.41) is 35.8. The van der Waals surface area contributed by atoms with Gasteiger partial charge in [-0.1, -0.05) is 5.21 Å². The maximum atomic E-state index is 11.4. The average Bonchev–Trinajstić information content (AvgIpc) is 2.96. The van der Waals surface area contributed by atoms with Crippen LogP contribution in [-0.4, -0.2) is 68.3 Å². The maximum absolute atomic E-state index is 11.4. The van der Waals surface area contributed by atoms with Crippen molar-refractivity contribution in [3.05, 3.63) is 11.9 Å². The molecule has 2 heterocycles. The Hall–Kier alpha value is -1.55. The highest BCUT2D eigenvalue weighted by molar-refractivity contribution is 5.86. The number of aliphatic hydroxyl groups is 3. The van der Waals surface area contributed by atoms with Crippen molar-refractivity contribution < 1.29 is 29.6 Å². The Kier molecular flexibility index (Phi) is 3.30. The van der Waals surface area contributed by atoms with Crippen LogP contribution in [0.3, 0.4) is 0 Å². The van der Waals surface area contributed by atoms with Crippen molar-refractivity contribution >= 4 is 5.97 Å². The molecule has 3 N–H and O–H groups in total. The molecule has 18 heavy (non-hydrogen) atoms. The summed E-state index contributed by atoms with van der Waals surface area (Å²) in [7, 11) is 1.19. The number of methoxy groups -OCH3 is 1. The van der Waals surface area contributed by atoms with Crippen LogP contribution < -0.4 is 0 Å². The third-order valence-electron chi connectivity index (χ3n) is 2.81. The second-order valence-corrected chi connectivity index (χ2v) is 3.96. The van der Waals surface area contributed by atoms with Crippen molar-refractivity contribution in [2.45, 2.75) is 17.9 Å². The minimum absolute atomic E-state index is 0.0243. The molecule has 1 aromatic rings. The lowest BCUT2D eigenvalue weighted by Gasteiger charge is -2.23. The molecule has 0 radical (unpaired) electrons. The average molecular weight is 259 g/mol. The van der Waals surface area contributed by atoms with E-state index in [4.69, 9.17) is 9.84 Å². The molecule has 1 aliphatic rings. The van der Waals surface area contributed by atoms with E-state index in [1.807, 2.05) is 0 Å². The van der Waals surface area contributed by atoms with E-state index in [0.29, 0.717) is 0 Å². The third-order valence-corrected chi connectivity index (χ3v) is 2.81. The zero-order valence-electron chi connectivity index (χ0n) is 9.55. The van der Waals surface area contributed by atoms with Crippen LogP contribution in [0.1, 0.15) is 16.7 Å². The molecule has 100 valence electrons. The molecule has 0 saturated carbocycles. The minimum Gasteiger partial charge on any atom is -0.464 e. The molecule has 1 aromatic heterocycles. The summed E-state index contributed by atoms with van der Waals surface area (Å²) in [5.41, 5.74) is -1.81. The van der Waals surface area contributed by atoms with Gasteiger partial charge in [0.15, 0.2) is 11.9 Å². The molecule has 0 spiro atoms. The highest BCUT2D eigenvalue weighted by Crippen LogP contribution is 2.31. The fourth-order valence-corrected chi connectivity index (χ4v) is 1.70. The Labute approximate surface area is 102 Å². The Morgan fingerprint density at radius 2 is 2.50 bits per heavy atom. The van der Waals surface area contributed by atoms with Gasteiger partial charge in [0, 0.05) is 0 Å². The van der Waals surface area contributed by atoms with Crippen LogP contribution in [0.5, 0.6) is 0 Å². The van der Waals surface area contributed by atoms with E-state index < -0.39 is 30.5 Å². The number of esters is 1. The number of rotatable bonds is 3. The second-order valence-electron chi connectivity index (χ2n) is 3.96. The van der Waals surface area contributed by atoms with Crippen LogP contribution in [0.25, 0.3) is 0 Å². The lowest BCUT2D eigenvalue weighted by Crippen LogP contribution is -2.46. The molecule has 0 bridgehead atoms. The minimum atomic E-state index is -1.79. The summed E-state index contributed by atoms with van der Waals surface area (Å²) in [6, 6.07) is 0. The van der Waals surface area contributed by atoms with E-state index in [9.17, 15) is 15.0 Å². The van der Waals surface area contributed by atoms with E-state index in [-0.39, 0.29) is 12.3 Å². The van der Waals surface area contributed by atoms with Gasteiger partial charge in [0.2, 0.25) is 0 Å². The summed E-state index contributed by atoms with van der Waals surface area (Å²) < 4.78 is 10.7. The topological polar surface area (TPSA) is 127 Å². The molecule has 9 nitrogen and oxygen atoms in total. The van der Waals surface area contributed by atoms with Crippen LogP contribution in [0, 0.1) is 0 Å². The molecule has 1 aliphatic heterocycles. The summed E-state index contributed by atoms with van der Waals surface area (Å²) in [6.45, 7) is -0.956. The smallest absolute Gasteiger partial charge is 0.358 e. The van der Waals surface area contributed by atoms with Gasteiger partial charge in [0.05, 0.1) is 26.5 Å². The first-order chi connectivity index (χ1) is 8.53. The summed E-state index contributed by atoms with van der Waals surface area (Å²) in [4.78, 5) is 11.4. The predicted molar refractivity (Wildman–Crippen MR) is 54.4 cm³/mol. The van der Waals surface area contributed by atoms with Gasteiger partial charge >= 0.3 is 5.97 Å². The normalized spacial score (nSPS) is 31.6. The zero-order chi connectivity index (χ0) is 13.3. The number of aliphatic hydroxyl groups excluding tert-OH is 2. The number of nitrogens with zero attached hydrogens (tertiary/aromatic N) is 3. The number of aromatic nitrogens is 3. The quantitative estimate of drug-likeness (QED) is 0.516. The Balaban J connectivity index is 2.29. The Bertz CT molecular complexity index is 449. The lowest BCUT2D eigenvalue weighted by atomic mass is 10.0. The number of ether oxygens (including phenoxy) is 2. The fourth-order valence-electron chi connectivity index (χ4n) is 1.70. The van der Waals surface area contributed by atoms with Crippen LogP contribution in [0.2, 0.25) is 0 Å². The van der Waals surface area contributed by atoms with Crippen LogP contribution >= 0.6 is 0 Å². The third kappa shape index (κ3) is 1.86. The van der Waals surface area contributed by atoms with Crippen molar-refractivity contribution in [3.8, 4) is 0 Å². The molecule has 2 rings (SSSR count). The second kappa shape index (κ2) is 4.61. The lowest BCUT2D eigenvalue weighted by molar-refractivity contribution is -0.0895. The molecule has 9 heteroatoms. The molecular formula is C9H13N3O6. The standard InChI is InChI=1S/C9H13N3O6/c1-17-8(15)5-2-10-11-12(5)7-6(14)9(16,3-13)4-18-7/h2,6-7,13-14,16H,3-4H2,1H3/t6-,7+,9+/m0/s1. The molecule has 1 fully saturated rings. The van der Waals surface area contributed by atoms with Gasteiger partial charge in [-0.3, -0.25) is 0 Å². The molecule has 0 aliphatic carbocycles. The molecule has 0 amide bonds. The molecule has 1 saturated heterocycles. The number of hydrogen-bond donors (Lipinski definition) is 3. The number of carbonyl (C=O) groups is 1. The van der Waals surface area contributed by atoms with Crippen molar-refractivity contribution in [2.24, 2.45) is 0 Å². The van der Waals surface area contributed by atoms with Crippen molar-refractivity contribution in [3.63, 3.8) is 0 Å². The first-order valence-electron chi connectivity index (χ1n) is 5.15. The van der Waals surface area contributed by atoms with Gasteiger partial charge in [0.25, 0.3) is 0 Å². The maximum Gasteiger partial charge on any atom is 0.358 e. The molecule has 3 atom stereocenters. The van der Waals surface area contributed by atoms with Gasteiger partial charge in [-0.25, -0.2) is 9.48 Å². The summed E-state index contributed by atoms with van der Waals surface area (Å²) in [5.74, 6) is -0.699. The number of hydrogen-bond acceptors (Lipinski definition) is 8. The van der Waals surface area contributed by atoms with Gasteiger partial charge < -0.3 is 24.8 Å². The first kappa shape index (κ1) is 12.9. The zero-order valence-corrected chi connectivity index (χ0v) is 9.55. The fraction of sp³-hybridized carbons (Fsp3) is 0.667.